The molecule has 39 heavy (non-hydrogen) atoms. The number of hydrogen-bond donors (Lipinski definition) is 4. The van der Waals surface area contributed by atoms with Crippen molar-refractivity contribution in [3.05, 3.63) is 71.8 Å². The van der Waals surface area contributed by atoms with Crippen LogP contribution in [0.1, 0.15) is 52.7 Å². The maximum absolute atomic E-state index is 12.8. The molecule has 2 heterocycles. The van der Waals surface area contributed by atoms with Gasteiger partial charge >= 0.3 is 11.9 Å². The van der Waals surface area contributed by atoms with Crippen molar-refractivity contribution in [1.29, 1.82) is 0 Å². The molecule has 2 aromatic carbocycles. The molecule has 0 aliphatic carbocycles. The van der Waals surface area contributed by atoms with E-state index in [-0.39, 0.29) is 0 Å². The quantitative estimate of drug-likeness (QED) is 0.290. The molecule has 2 aliphatic heterocycles. The zero-order valence-electron chi connectivity index (χ0n) is 23.6. The Hall–Kier alpha value is -2.90. The third kappa shape index (κ3) is 3.92. The van der Waals surface area contributed by atoms with E-state index >= 15 is 0 Å². The third-order valence-electron chi connectivity index (χ3n) is 9.08. The summed E-state index contributed by atoms with van der Waals surface area (Å²) >= 11 is 0. The highest BCUT2D eigenvalue weighted by Crippen LogP contribution is 2.49. The van der Waals surface area contributed by atoms with Crippen LogP contribution in [0.15, 0.2) is 60.7 Å². The first-order chi connectivity index (χ1) is 18.0. The Morgan fingerprint density at radius 1 is 0.641 bits per heavy atom. The third-order valence-corrected chi connectivity index (χ3v) is 9.08. The van der Waals surface area contributed by atoms with E-state index in [9.17, 15) is 19.8 Å². The number of benzene rings is 2. The van der Waals surface area contributed by atoms with E-state index in [2.05, 4.69) is 10.6 Å². The Morgan fingerprint density at radius 3 is 1.23 bits per heavy atom. The van der Waals surface area contributed by atoms with Crippen LogP contribution in [0, 0.1) is 0 Å². The summed E-state index contributed by atoms with van der Waals surface area (Å²) in [5.74, 6) is -5.08. The van der Waals surface area contributed by atoms with Crippen molar-refractivity contribution >= 4 is 11.9 Å². The summed E-state index contributed by atoms with van der Waals surface area (Å²) in [4.78, 5) is 40.6. The first-order valence-electron chi connectivity index (χ1n) is 12.7. The fourth-order valence-electron chi connectivity index (χ4n) is 6.15. The van der Waals surface area contributed by atoms with Gasteiger partial charge in [-0.15, -0.1) is 0 Å². The molecule has 0 aromatic heterocycles. The van der Waals surface area contributed by atoms with Crippen LogP contribution in [0.25, 0.3) is 0 Å². The van der Waals surface area contributed by atoms with Crippen molar-refractivity contribution in [1.82, 2.24) is 20.4 Å². The maximum atomic E-state index is 12.8. The molecule has 0 bridgehead atoms. The number of hydrogen-bond acceptors (Lipinski definition) is 9. The summed E-state index contributed by atoms with van der Waals surface area (Å²) in [5.41, 5.74) is -4.00. The molecule has 4 N–H and O–H groups in total. The van der Waals surface area contributed by atoms with Gasteiger partial charge in [0, 0.05) is 0 Å². The Morgan fingerprint density at radius 2 is 0.949 bits per heavy atom. The van der Waals surface area contributed by atoms with Gasteiger partial charge in [0.05, 0.1) is 11.1 Å². The van der Waals surface area contributed by atoms with Gasteiger partial charge in [0.2, 0.25) is 11.7 Å². The average Bonchev–Trinajstić information content (AvgIpc) is 3.16. The molecule has 4 atom stereocenters. The zero-order valence-corrected chi connectivity index (χ0v) is 23.6. The Bertz CT molecular complexity index is 1150. The zero-order chi connectivity index (χ0) is 29.1. The highest BCUT2D eigenvalue weighted by molar-refractivity contribution is 5.84. The molecule has 2 fully saturated rings. The first-order valence-corrected chi connectivity index (χ1v) is 12.7. The van der Waals surface area contributed by atoms with Crippen LogP contribution < -0.4 is 10.6 Å². The van der Waals surface area contributed by atoms with Gasteiger partial charge in [-0.05, 0) is 66.8 Å². The number of carbonyl (C=O) groups is 2. The van der Waals surface area contributed by atoms with Crippen molar-refractivity contribution in [3.8, 4) is 0 Å². The maximum Gasteiger partial charge on any atom is 0.330 e. The number of nitrogens with zero attached hydrogens (tertiary/aromatic N) is 2. The van der Waals surface area contributed by atoms with Gasteiger partial charge in [-0.1, -0.05) is 65.7 Å². The molecule has 4 rings (SSSR count). The van der Waals surface area contributed by atoms with Gasteiger partial charge in [-0.3, -0.25) is 20.4 Å². The summed E-state index contributed by atoms with van der Waals surface area (Å²) in [7, 11) is 3.44. The van der Waals surface area contributed by atoms with Crippen LogP contribution in [0.3, 0.4) is 0 Å². The molecule has 2 aliphatic rings. The smallest absolute Gasteiger partial charge is 0.330 e. The molecule has 2 saturated heterocycles. The summed E-state index contributed by atoms with van der Waals surface area (Å²) in [6.07, 6.45) is 0. The van der Waals surface area contributed by atoms with Crippen molar-refractivity contribution in [2.45, 2.75) is 75.4 Å². The van der Waals surface area contributed by atoms with Crippen LogP contribution in [0.2, 0.25) is 0 Å². The molecule has 11 heteroatoms. The summed E-state index contributed by atoms with van der Waals surface area (Å²) in [6, 6.07) is 17.7. The second-order valence-electron chi connectivity index (χ2n) is 11.5. The SMILES string of the molecule is CN1C(C)(OOOC2(C)NC(C(=O)O)(c3ccccc3)C(C)(C)N2C)NC(C(=O)O)(c2ccccc2)C1(C)C. The summed E-state index contributed by atoms with van der Waals surface area (Å²) < 4.78 is 0. The predicted octanol–water partition coefficient (Wildman–Crippen LogP) is 2.80. The monoisotopic (exact) mass is 542 g/mol. The van der Waals surface area contributed by atoms with E-state index in [1.165, 1.54) is 0 Å². The number of nitrogens with one attached hydrogen (secondary N) is 2. The summed E-state index contributed by atoms with van der Waals surface area (Å²) in [5, 5.41) is 32.6. The lowest BCUT2D eigenvalue weighted by Crippen LogP contribution is -2.59. The minimum atomic E-state index is -1.55. The average molecular weight is 543 g/mol. The second kappa shape index (κ2) is 9.34. The first kappa shape index (κ1) is 29.1. The van der Waals surface area contributed by atoms with Crippen LogP contribution in [-0.2, 0) is 35.5 Å². The molecule has 0 radical (unpaired) electrons. The normalized spacial score (nSPS) is 34.3. The van der Waals surface area contributed by atoms with Crippen LogP contribution >= 0.6 is 0 Å². The minimum absolute atomic E-state index is 0.544. The fourth-order valence-corrected chi connectivity index (χ4v) is 6.15. The minimum Gasteiger partial charge on any atom is -0.480 e. The van der Waals surface area contributed by atoms with Gasteiger partial charge in [-0.2, -0.15) is 9.78 Å². The number of aliphatic carboxylic acids is 2. The van der Waals surface area contributed by atoms with Gasteiger partial charge < -0.3 is 10.2 Å². The Labute approximate surface area is 228 Å². The predicted molar refractivity (Wildman–Crippen MR) is 142 cm³/mol. The van der Waals surface area contributed by atoms with E-state index in [0.717, 1.165) is 0 Å². The molecule has 2 aromatic rings. The second-order valence-corrected chi connectivity index (χ2v) is 11.5. The highest BCUT2D eigenvalue weighted by Gasteiger charge is 2.69. The molecule has 4 unspecified atom stereocenters. The molecule has 0 amide bonds. The van der Waals surface area contributed by atoms with Gasteiger partial charge in [0.25, 0.3) is 0 Å². The van der Waals surface area contributed by atoms with E-state index in [0.29, 0.717) is 11.1 Å². The van der Waals surface area contributed by atoms with Gasteiger partial charge in [0.1, 0.15) is 0 Å². The lowest BCUT2D eigenvalue weighted by atomic mass is 9.75. The number of carboxylic acids is 2. The standard InChI is InChI=1S/C28H38N4O7/c1-23(2)27(21(33)34,19-15-11-9-12-16-19)29-25(5,31(23)7)37-39-38-26(6)30-28(22(35)36,24(3,4)32(26)8)20-17-13-10-14-18-20/h9-18,29-30H,1-8H3,(H,33,34)(H,35,36). The molecule has 0 spiro atoms. The van der Waals surface area contributed by atoms with Crippen LogP contribution in [0.5, 0.6) is 0 Å². The lowest BCUT2D eigenvalue weighted by Gasteiger charge is -2.41. The summed E-state index contributed by atoms with van der Waals surface area (Å²) in [6.45, 7) is 10.5. The Kier molecular flexibility index (Phi) is 6.97. The van der Waals surface area contributed by atoms with Gasteiger partial charge in [-0.25, -0.2) is 9.59 Å². The van der Waals surface area contributed by atoms with E-state index < -0.39 is 45.8 Å². The van der Waals surface area contributed by atoms with Crippen molar-refractivity contribution in [2.75, 3.05) is 14.1 Å². The topological polar surface area (TPSA) is 133 Å². The number of likely N-dealkylation sites (N-methyl/N-ethyl adjacent to an activating group) is 2. The van der Waals surface area contributed by atoms with Gasteiger partial charge in [0.15, 0.2) is 11.1 Å². The van der Waals surface area contributed by atoms with Crippen molar-refractivity contribution in [3.63, 3.8) is 0 Å². The highest BCUT2D eigenvalue weighted by atomic mass is 17.5. The van der Waals surface area contributed by atoms with E-state index in [1.807, 2.05) is 12.1 Å². The van der Waals surface area contributed by atoms with E-state index in [1.54, 1.807) is 114 Å². The molecular weight excluding hydrogens is 504 g/mol. The number of carboxylic acid groups (broad SMARTS) is 2. The molecule has 11 nitrogen and oxygen atoms in total. The Balaban J connectivity index is 1.62. The largest absolute Gasteiger partial charge is 0.480 e. The van der Waals surface area contributed by atoms with Crippen LogP contribution in [0.4, 0.5) is 0 Å². The fraction of sp³-hybridized carbons (Fsp3) is 0.500. The molecule has 212 valence electrons. The lowest BCUT2D eigenvalue weighted by molar-refractivity contribution is -0.592. The van der Waals surface area contributed by atoms with Crippen molar-refractivity contribution < 1.29 is 34.6 Å². The molecule has 0 saturated carbocycles. The molecular formula is C28H38N4O7. The number of rotatable bonds is 8. The van der Waals surface area contributed by atoms with Crippen molar-refractivity contribution in [2.24, 2.45) is 0 Å². The van der Waals surface area contributed by atoms with E-state index in [4.69, 9.17) is 14.8 Å². The van der Waals surface area contributed by atoms with Crippen LogP contribution in [-0.4, -0.2) is 68.8 Å².